The zero-order valence-corrected chi connectivity index (χ0v) is 12.5. The van der Waals surface area contributed by atoms with Gasteiger partial charge in [0, 0.05) is 10.8 Å². The predicted octanol–water partition coefficient (Wildman–Crippen LogP) is 3.34. The highest BCUT2D eigenvalue weighted by Gasteiger charge is 2.06. The Kier molecular flexibility index (Phi) is 3.20. The fourth-order valence-corrected chi connectivity index (χ4v) is 2.42. The van der Waals surface area contributed by atoms with E-state index in [4.69, 9.17) is 0 Å². The van der Waals surface area contributed by atoms with Crippen molar-refractivity contribution in [2.45, 2.75) is 6.92 Å². The summed E-state index contributed by atoms with van der Waals surface area (Å²) in [5.74, 6) is 1.35. The van der Waals surface area contributed by atoms with Crippen molar-refractivity contribution in [3.05, 3.63) is 60.6 Å². The summed E-state index contributed by atoms with van der Waals surface area (Å²) in [7, 11) is 0. The van der Waals surface area contributed by atoms with Gasteiger partial charge in [0.15, 0.2) is 11.6 Å². The molecular formula is C17H14N6. The summed E-state index contributed by atoms with van der Waals surface area (Å²) < 4.78 is 0. The third kappa shape index (κ3) is 2.50. The maximum Gasteiger partial charge on any atom is 0.176 e. The normalized spacial score (nSPS) is 12.0. The highest BCUT2D eigenvalue weighted by atomic mass is 15.3. The summed E-state index contributed by atoms with van der Waals surface area (Å²) in [6.45, 7) is 1.89. The van der Waals surface area contributed by atoms with Crippen LogP contribution < -0.4 is 5.43 Å². The molecule has 0 saturated heterocycles. The van der Waals surface area contributed by atoms with Gasteiger partial charge in [-0.25, -0.2) is 4.98 Å². The second-order valence-corrected chi connectivity index (χ2v) is 5.19. The Bertz CT molecular complexity index is 979. The Morgan fingerprint density at radius 3 is 2.83 bits per heavy atom. The number of imidazole rings is 1. The van der Waals surface area contributed by atoms with Crippen LogP contribution in [0.15, 0.2) is 59.8 Å². The van der Waals surface area contributed by atoms with Crippen molar-refractivity contribution >= 4 is 33.3 Å². The Labute approximate surface area is 132 Å². The van der Waals surface area contributed by atoms with Crippen LogP contribution >= 0.6 is 0 Å². The lowest BCUT2D eigenvalue weighted by Crippen LogP contribution is -2.03. The van der Waals surface area contributed by atoms with E-state index in [0.717, 1.165) is 33.3 Å². The molecule has 2 N–H and O–H groups in total. The van der Waals surface area contributed by atoms with E-state index in [9.17, 15) is 0 Å². The number of hydrogen-bond acceptors (Lipinski definition) is 5. The van der Waals surface area contributed by atoms with E-state index in [0.29, 0.717) is 5.82 Å². The quantitative estimate of drug-likeness (QED) is 0.449. The van der Waals surface area contributed by atoms with Crippen LogP contribution in [-0.4, -0.2) is 25.9 Å². The van der Waals surface area contributed by atoms with Crippen LogP contribution in [0.3, 0.4) is 0 Å². The third-order valence-electron chi connectivity index (χ3n) is 3.63. The number of H-pyrrole nitrogens is 1. The maximum absolute atomic E-state index is 4.52. The highest BCUT2D eigenvalue weighted by Crippen LogP contribution is 2.19. The monoisotopic (exact) mass is 302 g/mol. The number of fused-ring (bicyclic) bond motifs is 2. The topological polar surface area (TPSA) is 78.8 Å². The Balaban J connectivity index is 1.67. The molecule has 23 heavy (non-hydrogen) atoms. The molecule has 4 aromatic rings. The molecule has 0 radical (unpaired) electrons. The van der Waals surface area contributed by atoms with Crippen molar-refractivity contribution in [3.8, 4) is 0 Å². The van der Waals surface area contributed by atoms with Gasteiger partial charge >= 0.3 is 0 Å². The van der Waals surface area contributed by atoms with Crippen LogP contribution in [0.4, 0.5) is 5.82 Å². The van der Waals surface area contributed by atoms with Gasteiger partial charge < -0.3 is 4.98 Å². The van der Waals surface area contributed by atoms with Crippen LogP contribution in [0.5, 0.6) is 0 Å². The van der Waals surface area contributed by atoms with Crippen molar-refractivity contribution in [2.75, 3.05) is 5.43 Å². The summed E-state index contributed by atoms with van der Waals surface area (Å²) >= 11 is 0. The van der Waals surface area contributed by atoms with Gasteiger partial charge in [-0.2, -0.15) is 10.2 Å². The molecule has 0 fully saturated rings. The molecule has 0 bridgehead atoms. The molecule has 6 nitrogen and oxygen atoms in total. The summed E-state index contributed by atoms with van der Waals surface area (Å²) in [6.07, 6.45) is 1.73. The first kappa shape index (κ1) is 13.4. The number of aromatic nitrogens is 4. The highest BCUT2D eigenvalue weighted by molar-refractivity contribution is 5.99. The minimum absolute atomic E-state index is 0.624. The van der Waals surface area contributed by atoms with E-state index in [2.05, 4.69) is 30.7 Å². The van der Waals surface area contributed by atoms with E-state index in [1.54, 1.807) is 6.20 Å². The molecule has 0 aliphatic heterocycles. The number of para-hydroxylation sites is 2. The number of nitrogens with one attached hydrogen (secondary N) is 2. The van der Waals surface area contributed by atoms with E-state index in [1.807, 2.05) is 55.5 Å². The predicted molar refractivity (Wildman–Crippen MR) is 91.5 cm³/mol. The second kappa shape index (κ2) is 5.49. The molecule has 112 valence electrons. The first-order valence-electron chi connectivity index (χ1n) is 7.27. The minimum atomic E-state index is 0.624. The van der Waals surface area contributed by atoms with E-state index >= 15 is 0 Å². The van der Waals surface area contributed by atoms with Crippen LogP contribution in [-0.2, 0) is 0 Å². The Hall–Kier alpha value is -3.28. The number of aromatic amines is 1. The summed E-state index contributed by atoms with van der Waals surface area (Å²) in [6, 6.07) is 15.8. The summed E-state index contributed by atoms with van der Waals surface area (Å²) in [5, 5.41) is 14.5. The minimum Gasteiger partial charge on any atom is -0.337 e. The first-order valence-corrected chi connectivity index (χ1v) is 7.27. The fraction of sp³-hybridized carbons (Fsp3) is 0.0588. The lowest BCUT2D eigenvalue weighted by atomic mass is 10.2. The number of benzene rings is 2. The van der Waals surface area contributed by atoms with Crippen molar-refractivity contribution in [1.82, 2.24) is 20.2 Å². The average Bonchev–Trinajstić information content (AvgIpc) is 3.04. The lowest BCUT2D eigenvalue weighted by Gasteiger charge is -2.04. The van der Waals surface area contributed by atoms with Gasteiger partial charge in [0.1, 0.15) is 5.71 Å². The van der Waals surface area contributed by atoms with E-state index in [1.165, 1.54) is 0 Å². The maximum atomic E-state index is 4.52. The smallest absolute Gasteiger partial charge is 0.176 e. The van der Waals surface area contributed by atoms with Crippen LogP contribution in [0.25, 0.3) is 21.8 Å². The van der Waals surface area contributed by atoms with Crippen molar-refractivity contribution in [3.63, 3.8) is 0 Å². The van der Waals surface area contributed by atoms with Crippen LogP contribution in [0, 0.1) is 0 Å². The van der Waals surface area contributed by atoms with Gasteiger partial charge in [0.05, 0.1) is 17.2 Å². The largest absolute Gasteiger partial charge is 0.337 e. The number of anilines is 1. The van der Waals surface area contributed by atoms with Gasteiger partial charge in [-0.3, -0.25) is 5.43 Å². The zero-order chi connectivity index (χ0) is 15.6. The van der Waals surface area contributed by atoms with Gasteiger partial charge in [0.2, 0.25) is 0 Å². The van der Waals surface area contributed by atoms with E-state index < -0.39 is 0 Å². The molecule has 0 amide bonds. The SMILES string of the molecule is C/C(=N/Nc1nncc2ccccc12)c1nc2ccccc2[nH]1. The molecular weight excluding hydrogens is 288 g/mol. The molecule has 0 spiro atoms. The molecule has 4 rings (SSSR count). The van der Waals surface area contributed by atoms with Gasteiger partial charge in [-0.15, -0.1) is 5.10 Å². The molecule has 0 aliphatic carbocycles. The van der Waals surface area contributed by atoms with Crippen molar-refractivity contribution in [2.24, 2.45) is 5.10 Å². The molecule has 0 atom stereocenters. The molecule has 0 aliphatic rings. The molecule has 6 heteroatoms. The average molecular weight is 302 g/mol. The van der Waals surface area contributed by atoms with Crippen LogP contribution in [0.2, 0.25) is 0 Å². The molecule has 2 aromatic carbocycles. The van der Waals surface area contributed by atoms with Gasteiger partial charge in [-0.1, -0.05) is 36.4 Å². The second-order valence-electron chi connectivity index (χ2n) is 5.19. The first-order chi connectivity index (χ1) is 11.3. The molecule has 0 unspecified atom stereocenters. The van der Waals surface area contributed by atoms with Crippen molar-refractivity contribution in [1.29, 1.82) is 0 Å². The Morgan fingerprint density at radius 1 is 1.09 bits per heavy atom. The molecule has 2 aromatic heterocycles. The number of hydrogen-bond donors (Lipinski definition) is 2. The number of nitrogens with zero attached hydrogens (tertiary/aromatic N) is 4. The van der Waals surface area contributed by atoms with Gasteiger partial charge in [0.25, 0.3) is 0 Å². The van der Waals surface area contributed by atoms with Gasteiger partial charge in [-0.05, 0) is 19.1 Å². The summed E-state index contributed by atoms with van der Waals surface area (Å²) in [5.41, 5.74) is 5.64. The van der Waals surface area contributed by atoms with Crippen molar-refractivity contribution < 1.29 is 0 Å². The fourth-order valence-electron chi connectivity index (χ4n) is 2.42. The van der Waals surface area contributed by atoms with E-state index in [-0.39, 0.29) is 0 Å². The number of hydrazone groups is 1. The molecule has 2 heterocycles. The third-order valence-corrected chi connectivity index (χ3v) is 3.63. The zero-order valence-electron chi connectivity index (χ0n) is 12.5. The standard InChI is InChI=1S/C17H14N6/c1-11(16-19-14-8-4-5-9-15(14)20-16)21-23-17-13-7-3-2-6-12(13)10-18-22-17/h2-10H,1H3,(H,19,20)(H,22,23)/b21-11-. The van der Waals surface area contributed by atoms with Crippen LogP contribution in [0.1, 0.15) is 12.7 Å². The Morgan fingerprint density at radius 2 is 1.91 bits per heavy atom. The molecule has 0 saturated carbocycles. The lowest BCUT2D eigenvalue weighted by molar-refractivity contribution is 1.04. The number of rotatable bonds is 3. The summed E-state index contributed by atoms with van der Waals surface area (Å²) in [4.78, 5) is 7.78.